The molecule has 0 amide bonds. The minimum absolute atomic E-state index is 0.0365. The van der Waals surface area contributed by atoms with Crippen LogP contribution in [0.4, 0.5) is 0 Å². The quantitative estimate of drug-likeness (QED) is 0.512. The summed E-state index contributed by atoms with van der Waals surface area (Å²) in [6, 6.07) is 11.2. The summed E-state index contributed by atoms with van der Waals surface area (Å²) in [7, 11) is 0. The molecule has 8 heteroatoms. The second-order valence-corrected chi connectivity index (χ2v) is 6.95. The van der Waals surface area contributed by atoms with E-state index in [-0.39, 0.29) is 17.2 Å². The summed E-state index contributed by atoms with van der Waals surface area (Å²) in [5.41, 5.74) is 1.88. The van der Waals surface area contributed by atoms with E-state index in [2.05, 4.69) is 9.97 Å². The molecule has 0 radical (unpaired) electrons. The number of carboxylic acids is 1. The molecule has 3 aromatic rings. The first-order chi connectivity index (χ1) is 14.6. The number of pyridine rings is 1. The Morgan fingerprint density at radius 3 is 2.97 bits per heavy atom. The van der Waals surface area contributed by atoms with Crippen molar-refractivity contribution < 1.29 is 24.2 Å². The summed E-state index contributed by atoms with van der Waals surface area (Å²) in [5.74, 6) is -1.24. The number of hydrogen-bond acceptors (Lipinski definition) is 6. The lowest BCUT2D eigenvalue weighted by atomic mass is 10.1. The SMILES string of the molecule is O=C(O)C1=C(N2CCOc3ccccc3C2)OC(=Cc2c[nH]c3ncccc23)C1=O. The fourth-order valence-corrected chi connectivity index (χ4v) is 3.66. The third-order valence-electron chi connectivity index (χ3n) is 5.09. The molecule has 0 saturated heterocycles. The normalized spacial score (nSPS) is 17.7. The summed E-state index contributed by atoms with van der Waals surface area (Å²) in [4.78, 5) is 33.7. The largest absolute Gasteiger partial charge is 0.491 e. The molecule has 0 bridgehead atoms. The molecule has 150 valence electrons. The smallest absolute Gasteiger partial charge is 0.345 e. The van der Waals surface area contributed by atoms with Gasteiger partial charge in [0.1, 0.15) is 18.0 Å². The van der Waals surface area contributed by atoms with Crippen LogP contribution >= 0.6 is 0 Å². The van der Waals surface area contributed by atoms with Crippen molar-refractivity contribution in [2.75, 3.05) is 13.2 Å². The topological polar surface area (TPSA) is 105 Å². The maximum atomic E-state index is 12.9. The summed E-state index contributed by atoms with van der Waals surface area (Å²) in [5, 5.41) is 10.5. The first-order valence-electron chi connectivity index (χ1n) is 9.41. The number of carbonyl (C=O) groups is 2. The maximum absolute atomic E-state index is 12.9. The molecule has 0 spiro atoms. The number of hydrogen-bond donors (Lipinski definition) is 2. The number of carbonyl (C=O) groups excluding carboxylic acids is 1. The van der Waals surface area contributed by atoms with Gasteiger partial charge in [0.05, 0.1) is 6.54 Å². The van der Waals surface area contributed by atoms with Gasteiger partial charge in [0.2, 0.25) is 11.7 Å². The summed E-state index contributed by atoms with van der Waals surface area (Å²) in [6.07, 6.45) is 4.91. The third-order valence-corrected chi connectivity index (χ3v) is 5.09. The number of aliphatic carboxylic acids is 1. The second-order valence-electron chi connectivity index (χ2n) is 6.95. The number of nitrogens with one attached hydrogen (secondary N) is 1. The molecule has 4 heterocycles. The predicted octanol–water partition coefficient (Wildman–Crippen LogP) is 2.69. The number of benzene rings is 1. The lowest BCUT2D eigenvalue weighted by Crippen LogP contribution is -2.27. The number of aromatic nitrogens is 2. The minimum Gasteiger partial charge on any atom is -0.491 e. The molecule has 0 fully saturated rings. The Hall–Kier alpha value is -4.07. The van der Waals surface area contributed by atoms with Gasteiger partial charge < -0.3 is 24.5 Å². The number of aromatic amines is 1. The zero-order valence-electron chi connectivity index (χ0n) is 15.8. The number of Topliss-reactive ketones (excluding diaryl/α,β-unsaturated/α-hetero) is 1. The first-order valence-corrected chi connectivity index (χ1v) is 9.41. The van der Waals surface area contributed by atoms with Gasteiger partial charge in [-0.3, -0.25) is 4.79 Å². The molecule has 2 N–H and O–H groups in total. The van der Waals surface area contributed by atoms with E-state index in [0.29, 0.717) is 30.9 Å². The Balaban J connectivity index is 1.52. The zero-order valence-corrected chi connectivity index (χ0v) is 15.8. The highest BCUT2D eigenvalue weighted by Crippen LogP contribution is 2.33. The van der Waals surface area contributed by atoms with Gasteiger partial charge >= 0.3 is 5.97 Å². The zero-order chi connectivity index (χ0) is 20.7. The first kappa shape index (κ1) is 18.0. The molecular formula is C22H17N3O5. The van der Waals surface area contributed by atoms with Crippen LogP contribution in [0, 0.1) is 0 Å². The van der Waals surface area contributed by atoms with Crippen molar-refractivity contribution in [3.05, 3.63) is 77.1 Å². The monoisotopic (exact) mass is 403 g/mol. The fourth-order valence-electron chi connectivity index (χ4n) is 3.66. The Kier molecular flexibility index (Phi) is 4.24. The van der Waals surface area contributed by atoms with E-state index >= 15 is 0 Å². The van der Waals surface area contributed by atoms with Crippen LogP contribution in [0.1, 0.15) is 11.1 Å². The highest BCUT2D eigenvalue weighted by Gasteiger charge is 2.39. The Morgan fingerprint density at radius 2 is 2.10 bits per heavy atom. The van der Waals surface area contributed by atoms with Crippen molar-refractivity contribution in [2.24, 2.45) is 0 Å². The van der Waals surface area contributed by atoms with Gasteiger partial charge in [-0.1, -0.05) is 18.2 Å². The van der Waals surface area contributed by atoms with Crippen LogP contribution in [-0.4, -0.2) is 44.9 Å². The van der Waals surface area contributed by atoms with E-state index in [9.17, 15) is 14.7 Å². The number of nitrogens with zero attached hydrogens (tertiary/aromatic N) is 2. The van der Waals surface area contributed by atoms with Crippen LogP contribution in [-0.2, 0) is 20.9 Å². The van der Waals surface area contributed by atoms with Gasteiger partial charge in [0.25, 0.3) is 0 Å². The standard InChI is InChI=1S/C22H17N3O5/c26-19-17(10-14-11-24-20-15(14)5-3-7-23-20)30-21(18(19)22(27)28)25-8-9-29-16-6-2-1-4-13(16)12-25/h1-7,10-11H,8-9,12H2,(H,23,24)(H,27,28). The lowest BCUT2D eigenvalue weighted by molar-refractivity contribution is -0.134. The van der Waals surface area contributed by atoms with Crippen molar-refractivity contribution in [2.45, 2.75) is 6.54 Å². The molecule has 8 nitrogen and oxygen atoms in total. The van der Waals surface area contributed by atoms with Crippen molar-refractivity contribution in [1.82, 2.24) is 14.9 Å². The van der Waals surface area contributed by atoms with Crippen LogP contribution in [0.15, 0.2) is 66.0 Å². The van der Waals surface area contributed by atoms with Gasteiger partial charge in [0, 0.05) is 35.5 Å². The number of carboxylic acid groups (broad SMARTS) is 1. The summed E-state index contributed by atoms with van der Waals surface area (Å²) < 4.78 is 11.6. The number of H-pyrrole nitrogens is 1. The summed E-state index contributed by atoms with van der Waals surface area (Å²) in [6.45, 7) is 1.11. The van der Waals surface area contributed by atoms with Gasteiger partial charge in [-0.15, -0.1) is 0 Å². The Bertz CT molecular complexity index is 1240. The Morgan fingerprint density at radius 1 is 1.23 bits per heavy atom. The molecule has 0 saturated carbocycles. The van der Waals surface area contributed by atoms with Crippen LogP contribution in [0.3, 0.4) is 0 Å². The van der Waals surface area contributed by atoms with Gasteiger partial charge in [0.15, 0.2) is 11.3 Å². The fraction of sp³-hybridized carbons (Fsp3) is 0.136. The van der Waals surface area contributed by atoms with E-state index in [1.54, 1.807) is 29.4 Å². The molecule has 0 unspecified atom stereocenters. The highest BCUT2D eigenvalue weighted by atomic mass is 16.5. The van der Waals surface area contributed by atoms with E-state index < -0.39 is 11.8 Å². The molecule has 2 aliphatic heterocycles. The third kappa shape index (κ3) is 2.98. The van der Waals surface area contributed by atoms with Gasteiger partial charge in [-0.05, 0) is 24.3 Å². The molecule has 0 aliphatic carbocycles. The van der Waals surface area contributed by atoms with E-state index in [0.717, 1.165) is 16.7 Å². The van der Waals surface area contributed by atoms with E-state index in [1.165, 1.54) is 0 Å². The van der Waals surface area contributed by atoms with Crippen molar-refractivity contribution in [3.8, 4) is 5.75 Å². The Labute approximate surface area is 171 Å². The van der Waals surface area contributed by atoms with Crippen molar-refractivity contribution in [3.63, 3.8) is 0 Å². The van der Waals surface area contributed by atoms with Crippen molar-refractivity contribution >= 4 is 28.9 Å². The van der Waals surface area contributed by atoms with E-state index in [4.69, 9.17) is 9.47 Å². The van der Waals surface area contributed by atoms with Gasteiger partial charge in [-0.2, -0.15) is 0 Å². The number of rotatable bonds is 3. The number of ketones is 1. The average molecular weight is 403 g/mol. The predicted molar refractivity (Wildman–Crippen MR) is 107 cm³/mol. The minimum atomic E-state index is -1.32. The lowest BCUT2D eigenvalue weighted by Gasteiger charge is -2.22. The average Bonchev–Trinajstić information content (AvgIpc) is 3.21. The van der Waals surface area contributed by atoms with Crippen LogP contribution < -0.4 is 4.74 Å². The maximum Gasteiger partial charge on any atom is 0.345 e. The molecular weight excluding hydrogens is 386 g/mol. The van der Waals surface area contributed by atoms with Crippen LogP contribution in [0.5, 0.6) is 5.75 Å². The molecule has 0 atom stereocenters. The van der Waals surface area contributed by atoms with E-state index in [1.807, 2.05) is 30.3 Å². The van der Waals surface area contributed by atoms with Crippen LogP contribution in [0.25, 0.3) is 17.1 Å². The van der Waals surface area contributed by atoms with Crippen LogP contribution in [0.2, 0.25) is 0 Å². The molecule has 2 aromatic heterocycles. The second kappa shape index (κ2) is 7.07. The number of allylic oxidation sites excluding steroid dienone is 1. The molecule has 5 rings (SSSR count). The summed E-state index contributed by atoms with van der Waals surface area (Å²) >= 11 is 0. The van der Waals surface area contributed by atoms with Crippen molar-refractivity contribution in [1.29, 1.82) is 0 Å². The molecule has 1 aromatic carbocycles. The number of ether oxygens (including phenoxy) is 2. The number of fused-ring (bicyclic) bond motifs is 2. The number of para-hydroxylation sites is 1. The highest BCUT2D eigenvalue weighted by molar-refractivity contribution is 6.26. The van der Waals surface area contributed by atoms with Gasteiger partial charge in [-0.25, -0.2) is 9.78 Å². The molecule has 30 heavy (non-hydrogen) atoms. The molecule has 2 aliphatic rings.